The van der Waals surface area contributed by atoms with Gasteiger partial charge in [0.1, 0.15) is 6.07 Å². The van der Waals surface area contributed by atoms with Gasteiger partial charge in [-0.1, -0.05) is 30.3 Å². The van der Waals surface area contributed by atoms with Gasteiger partial charge in [0.25, 0.3) is 0 Å². The highest BCUT2D eigenvalue weighted by atomic mass is 16.1. The van der Waals surface area contributed by atoms with Crippen LogP contribution in [0.25, 0.3) is 0 Å². The summed E-state index contributed by atoms with van der Waals surface area (Å²) in [5, 5.41) is 8.75. The quantitative estimate of drug-likeness (QED) is 0.725. The Hall–Kier alpha value is -2.41. The molecule has 0 bridgehead atoms. The summed E-state index contributed by atoms with van der Waals surface area (Å²) in [5.74, 6) is 0.222. The van der Waals surface area contributed by atoms with Crippen LogP contribution in [-0.4, -0.2) is 15.3 Å². The molecule has 0 aliphatic carbocycles. The molecule has 0 aliphatic rings. The second-order valence-electron chi connectivity index (χ2n) is 3.28. The van der Waals surface area contributed by atoms with Crippen molar-refractivity contribution in [1.29, 1.82) is 5.26 Å². The Kier molecular flexibility index (Phi) is 2.79. The summed E-state index contributed by atoms with van der Waals surface area (Å²) >= 11 is 0. The molecule has 0 aliphatic heterocycles. The fourth-order valence-electron chi connectivity index (χ4n) is 1.42. The number of hydrogen-bond donors (Lipinski definition) is 0. The maximum Gasteiger partial charge on any atom is 0.213 e. The van der Waals surface area contributed by atoms with E-state index >= 15 is 0 Å². The van der Waals surface area contributed by atoms with Crippen LogP contribution in [0.5, 0.6) is 0 Å². The SMILES string of the molecule is N#Cc1nccn1CC(=O)c1ccccc1. The molecule has 4 heteroatoms. The molecule has 1 aromatic carbocycles. The molecule has 0 atom stereocenters. The van der Waals surface area contributed by atoms with Crippen LogP contribution in [0.4, 0.5) is 0 Å². The number of carbonyl (C=O) groups is 1. The zero-order chi connectivity index (χ0) is 11.4. The normalized spacial score (nSPS) is 9.69. The molecule has 2 aromatic rings. The molecule has 78 valence electrons. The van der Waals surface area contributed by atoms with Crippen LogP contribution < -0.4 is 0 Å². The van der Waals surface area contributed by atoms with E-state index in [2.05, 4.69) is 4.98 Å². The third-order valence-electron chi connectivity index (χ3n) is 2.23. The van der Waals surface area contributed by atoms with Gasteiger partial charge in [0.15, 0.2) is 5.78 Å². The molecule has 4 nitrogen and oxygen atoms in total. The van der Waals surface area contributed by atoms with Crippen LogP contribution in [0.1, 0.15) is 16.2 Å². The fourth-order valence-corrected chi connectivity index (χ4v) is 1.42. The van der Waals surface area contributed by atoms with E-state index in [1.807, 2.05) is 24.3 Å². The van der Waals surface area contributed by atoms with E-state index in [-0.39, 0.29) is 18.2 Å². The van der Waals surface area contributed by atoms with Crippen molar-refractivity contribution in [3.05, 3.63) is 54.1 Å². The maximum atomic E-state index is 11.8. The Balaban J connectivity index is 2.18. The lowest BCUT2D eigenvalue weighted by molar-refractivity contribution is 0.0972. The number of nitrogens with zero attached hydrogens (tertiary/aromatic N) is 3. The molecular formula is C12H9N3O. The molecule has 0 saturated carbocycles. The van der Waals surface area contributed by atoms with E-state index in [9.17, 15) is 4.79 Å². The Morgan fingerprint density at radius 1 is 1.38 bits per heavy atom. The van der Waals surface area contributed by atoms with Gasteiger partial charge in [0, 0.05) is 18.0 Å². The van der Waals surface area contributed by atoms with Crippen molar-refractivity contribution in [2.75, 3.05) is 0 Å². The Bertz CT molecular complexity index is 537. The molecular weight excluding hydrogens is 202 g/mol. The first-order valence-electron chi connectivity index (χ1n) is 4.81. The largest absolute Gasteiger partial charge is 0.315 e. The summed E-state index contributed by atoms with van der Waals surface area (Å²) in [7, 11) is 0. The van der Waals surface area contributed by atoms with Crippen molar-refractivity contribution in [3.63, 3.8) is 0 Å². The fraction of sp³-hybridized carbons (Fsp3) is 0.0833. The topological polar surface area (TPSA) is 58.7 Å². The minimum atomic E-state index is -0.0323. The van der Waals surface area contributed by atoms with Crippen LogP contribution in [-0.2, 0) is 6.54 Å². The van der Waals surface area contributed by atoms with Crippen LogP contribution in [0.3, 0.4) is 0 Å². The first-order chi connectivity index (χ1) is 7.81. The van der Waals surface area contributed by atoms with Crippen LogP contribution in [0, 0.1) is 11.3 Å². The molecule has 0 saturated heterocycles. The number of nitriles is 1. The van der Waals surface area contributed by atoms with Gasteiger partial charge in [-0.15, -0.1) is 0 Å². The van der Waals surface area contributed by atoms with E-state index in [4.69, 9.17) is 5.26 Å². The number of carbonyl (C=O) groups excluding carboxylic acids is 1. The van der Waals surface area contributed by atoms with Gasteiger partial charge in [-0.25, -0.2) is 4.98 Å². The minimum absolute atomic E-state index is 0.0323. The smallest absolute Gasteiger partial charge is 0.213 e. The molecule has 0 amide bonds. The third-order valence-corrected chi connectivity index (χ3v) is 2.23. The lowest BCUT2D eigenvalue weighted by Gasteiger charge is -2.02. The number of imidazole rings is 1. The number of hydrogen-bond acceptors (Lipinski definition) is 3. The number of aromatic nitrogens is 2. The lowest BCUT2D eigenvalue weighted by Crippen LogP contribution is -2.11. The molecule has 0 spiro atoms. The van der Waals surface area contributed by atoms with Gasteiger partial charge in [0.05, 0.1) is 6.54 Å². The summed E-state index contributed by atoms with van der Waals surface area (Å²) in [4.78, 5) is 15.7. The van der Waals surface area contributed by atoms with Gasteiger partial charge < -0.3 is 4.57 Å². The first-order valence-corrected chi connectivity index (χ1v) is 4.81. The highest BCUT2D eigenvalue weighted by molar-refractivity contribution is 5.95. The number of rotatable bonds is 3. The Morgan fingerprint density at radius 2 is 2.12 bits per heavy atom. The van der Waals surface area contributed by atoms with Crippen molar-refractivity contribution in [3.8, 4) is 6.07 Å². The van der Waals surface area contributed by atoms with Gasteiger partial charge in [-0.05, 0) is 0 Å². The molecule has 0 N–H and O–H groups in total. The minimum Gasteiger partial charge on any atom is -0.315 e. The van der Waals surface area contributed by atoms with E-state index in [1.54, 1.807) is 18.3 Å². The summed E-state index contributed by atoms with van der Waals surface area (Å²) in [6.07, 6.45) is 3.14. The third kappa shape index (κ3) is 1.98. The van der Waals surface area contributed by atoms with Crippen molar-refractivity contribution < 1.29 is 4.79 Å². The average Bonchev–Trinajstić information content (AvgIpc) is 2.77. The van der Waals surface area contributed by atoms with Gasteiger partial charge in [0.2, 0.25) is 5.82 Å². The Labute approximate surface area is 92.8 Å². The lowest BCUT2D eigenvalue weighted by atomic mass is 10.1. The standard InChI is InChI=1S/C12H9N3O/c13-8-12-14-6-7-15(12)9-11(16)10-4-2-1-3-5-10/h1-7H,9H2. The van der Waals surface area contributed by atoms with Crippen LogP contribution in [0.15, 0.2) is 42.7 Å². The monoisotopic (exact) mass is 211 g/mol. The number of ketones is 1. The van der Waals surface area contributed by atoms with Crippen LogP contribution in [0.2, 0.25) is 0 Å². The second kappa shape index (κ2) is 4.41. The van der Waals surface area contributed by atoms with E-state index in [1.165, 1.54) is 10.8 Å². The molecule has 16 heavy (non-hydrogen) atoms. The van der Waals surface area contributed by atoms with Crippen molar-refractivity contribution in [1.82, 2.24) is 9.55 Å². The summed E-state index contributed by atoms with van der Waals surface area (Å²) in [6.45, 7) is 0.146. The van der Waals surface area contributed by atoms with Gasteiger partial charge in [-0.3, -0.25) is 4.79 Å². The predicted molar refractivity (Wildman–Crippen MR) is 57.7 cm³/mol. The van der Waals surface area contributed by atoms with Crippen molar-refractivity contribution in [2.45, 2.75) is 6.54 Å². The van der Waals surface area contributed by atoms with Crippen molar-refractivity contribution in [2.24, 2.45) is 0 Å². The molecule has 2 rings (SSSR count). The second-order valence-corrected chi connectivity index (χ2v) is 3.28. The molecule has 1 heterocycles. The maximum absolute atomic E-state index is 11.8. The molecule has 0 fully saturated rings. The first kappa shape index (κ1) is 10.1. The van der Waals surface area contributed by atoms with E-state index in [0.29, 0.717) is 5.56 Å². The highest BCUT2D eigenvalue weighted by Crippen LogP contribution is 2.03. The summed E-state index contributed by atoms with van der Waals surface area (Å²) < 4.78 is 1.54. The van der Waals surface area contributed by atoms with Crippen LogP contribution >= 0.6 is 0 Å². The zero-order valence-electron chi connectivity index (χ0n) is 8.50. The predicted octanol–water partition coefficient (Wildman–Crippen LogP) is 1.64. The van der Waals surface area contributed by atoms with Gasteiger partial charge in [-0.2, -0.15) is 5.26 Å². The summed E-state index contributed by atoms with van der Waals surface area (Å²) in [6, 6.07) is 10.9. The van der Waals surface area contributed by atoms with Crippen molar-refractivity contribution >= 4 is 5.78 Å². The number of Topliss-reactive ketones (excluding diaryl/α,β-unsaturated/α-hetero) is 1. The summed E-state index contributed by atoms with van der Waals surface area (Å²) in [5.41, 5.74) is 0.639. The molecule has 1 aromatic heterocycles. The number of benzene rings is 1. The average molecular weight is 211 g/mol. The van der Waals surface area contributed by atoms with Gasteiger partial charge >= 0.3 is 0 Å². The molecule has 0 unspecified atom stereocenters. The Morgan fingerprint density at radius 3 is 2.81 bits per heavy atom. The van der Waals surface area contributed by atoms with E-state index < -0.39 is 0 Å². The zero-order valence-corrected chi connectivity index (χ0v) is 8.50. The highest BCUT2D eigenvalue weighted by Gasteiger charge is 2.08. The molecule has 0 radical (unpaired) electrons. The van der Waals surface area contributed by atoms with E-state index in [0.717, 1.165) is 0 Å².